The second-order valence-electron chi connectivity index (χ2n) is 3.29. The summed E-state index contributed by atoms with van der Waals surface area (Å²) in [6, 6.07) is 7.32. The van der Waals surface area contributed by atoms with Gasteiger partial charge in [-0.2, -0.15) is 0 Å². The zero-order chi connectivity index (χ0) is 10.4. The quantitative estimate of drug-likeness (QED) is 0.748. The van der Waals surface area contributed by atoms with Crippen LogP contribution in [0.15, 0.2) is 24.3 Å². The Morgan fingerprint density at radius 1 is 1.43 bits per heavy atom. The van der Waals surface area contributed by atoms with E-state index < -0.39 is 0 Å². The van der Waals surface area contributed by atoms with Crippen molar-refractivity contribution in [3.05, 3.63) is 29.8 Å². The first-order valence-corrected chi connectivity index (χ1v) is 4.76. The summed E-state index contributed by atoms with van der Waals surface area (Å²) in [6.07, 6.45) is 0.825. The second-order valence-corrected chi connectivity index (χ2v) is 3.29. The first-order chi connectivity index (χ1) is 6.79. The van der Waals surface area contributed by atoms with Crippen molar-refractivity contribution in [3.8, 4) is 5.75 Å². The topological polar surface area (TPSA) is 55.5 Å². The standard InChI is InChI=1S/C11H17NO2/c1-14-8-9(6-7-12)10-4-2-3-5-11(10)13/h2-5,9,13H,6-8,12H2,1H3. The predicted molar refractivity (Wildman–Crippen MR) is 56.4 cm³/mol. The molecule has 0 fully saturated rings. The Balaban J connectivity index is 2.81. The fourth-order valence-electron chi connectivity index (χ4n) is 1.56. The molecule has 0 spiro atoms. The van der Waals surface area contributed by atoms with Gasteiger partial charge in [-0.25, -0.2) is 0 Å². The minimum atomic E-state index is 0.186. The summed E-state index contributed by atoms with van der Waals surface area (Å²) in [5, 5.41) is 9.64. The molecule has 1 unspecified atom stereocenters. The molecule has 1 atom stereocenters. The number of benzene rings is 1. The summed E-state index contributed by atoms with van der Waals surface area (Å²) in [7, 11) is 1.66. The number of hydrogen-bond donors (Lipinski definition) is 2. The fourth-order valence-corrected chi connectivity index (χ4v) is 1.56. The molecule has 1 aromatic carbocycles. The van der Waals surface area contributed by atoms with E-state index in [4.69, 9.17) is 10.5 Å². The van der Waals surface area contributed by atoms with Crippen molar-refractivity contribution in [2.75, 3.05) is 20.3 Å². The van der Waals surface area contributed by atoms with Crippen LogP contribution in [0.3, 0.4) is 0 Å². The summed E-state index contributed by atoms with van der Waals surface area (Å²) < 4.78 is 5.10. The lowest BCUT2D eigenvalue weighted by molar-refractivity contribution is 0.175. The van der Waals surface area contributed by atoms with E-state index in [9.17, 15) is 5.11 Å². The molecule has 78 valence electrons. The third-order valence-electron chi connectivity index (χ3n) is 2.26. The molecule has 3 heteroatoms. The van der Waals surface area contributed by atoms with E-state index in [1.807, 2.05) is 18.2 Å². The Hall–Kier alpha value is -1.06. The van der Waals surface area contributed by atoms with Gasteiger partial charge >= 0.3 is 0 Å². The van der Waals surface area contributed by atoms with Gasteiger partial charge in [0.15, 0.2) is 0 Å². The smallest absolute Gasteiger partial charge is 0.119 e. The van der Waals surface area contributed by atoms with Crippen LogP contribution in [0, 0.1) is 0 Å². The fraction of sp³-hybridized carbons (Fsp3) is 0.455. The van der Waals surface area contributed by atoms with Gasteiger partial charge in [-0.05, 0) is 24.6 Å². The van der Waals surface area contributed by atoms with Crippen LogP contribution in [-0.2, 0) is 4.74 Å². The summed E-state index contributed by atoms with van der Waals surface area (Å²) in [4.78, 5) is 0. The van der Waals surface area contributed by atoms with Gasteiger partial charge in [0, 0.05) is 13.0 Å². The normalized spacial score (nSPS) is 12.7. The van der Waals surface area contributed by atoms with Crippen molar-refractivity contribution in [2.24, 2.45) is 5.73 Å². The Bertz CT molecular complexity index is 270. The van der Waals surface area contributed by atoms with Crippen molar-refractivity contribution in [3.63, 3.8) is 0 Å². The van der Waals surface area contributed by atoms with Gasteiger partial charge < -0.3 is 15.6 Å². The van der Waals surface area contributed by atoms with Gasteiger partial charge in [-0.3, -0.25) is 0 Å². The molecule has 1 aromatic rings. The van der Waals surface area contributed by atoms with E-state index in [-0.39, 0.29) is 5.92 Å². The molecule has 0 aliphatic heterocycles. The van der Waals surface area contributed by atoms with Crippen molar-refractivity contribution < 1.29 is 9.84 Å². The summed E-state index contributed by atoms with van der Waals surface area (Å²) in [5.74, 6) is 0.509. The van der Waals surface area contributed by atoms with E-state index in [1.54, 1.807) is 13.2 Å². The summed E-state index contributed by atoms with van der Waals surface area (Å²) in [5.41, 5.74) is 6.43. The number of phenolic OH excluding ortho intramolecular Hbond substituents is 1. The van der Waals surface area contributed by atoms with Crippen molar-refractivity contribution in [1.29, 1.82) is 0 Å². The van der Waals surface area contributed by atoms with Crippen molar-refractivity contribution in [2.45, 2.75) is 12.3 Å². The summed E-state index contributed by atoms with van der Waals surface area (Å²) >= 11 is 0. The Morgan fingerprint density at radius 2 is 2.14 bits per heavy atom. The predicted octanol–water partition coefficient (Wildman–Crippen LogP) is 1.47. The Labute approximate surface area is 84.5 Å². The lowest BCUT2D eigenvalue weighted by atomic mass is 9.96. The highest BCUT2D eigenvalue weighted by Gasteiger charge is 2.13. The van der Waals surface area contributed by atoms with Crippen LogP contribution in [0.4, 0.5) is 0 Å². The number of methoxy groups -OCH3 is 1. The zero-order valence-electron chi connectivity index (χ0n) is 8.44. The Kier molecular flexibility index (Phi) is 4.43. The first kappa shape index (κ1) is 11.0. The molecule has 0 bridgehead atoms. The number of para-hydroxylation sites is 1. The highest BCUT2D eigenvalue weighted by atomic mass is 16.5. The van der Waals surface area contributed by atoms with Crippen LogP contribution in [0.25, 0.3) is 0 Å². The minimum absolute atomic E-state index is 0.186. The van der Waals surface area contributed by atoms with Crippen LogP contribution < -0.4 is 5.73 Å². The average molecular weight is 195 g/mol. The van der Waals surface area contributed by atoms with Crippen LogP contribution in [0.1, 0.15) is 17.9 Å². The molecule has 0 heterocycles. The van der Waals surface area contributed by atoms with Gasteiger partial charge in [0.25, 0.3) is 0 Å². The molecule has 3 nitrogen and oxygen atoms in total. The number of phenols is 1. The van der Waals surface area contributed by atoms with E-state index >= 15 is 0 Å². The largest absolute Gasteiger partial charge is 0.508 e. The molecular formula is C11H17NO2. The van der Waals surface area contributed by atoms with Gasteiger partial charge in [-0.1, -0.05) is 18.2 Å². The lowest BCUT2D eigenvalue weighted by Crippen LogP contribution is -2.12. The first-order valence-electron chi connectivity index (χ1n) is 4.76. The van der Waals surface area contributed by atoms with E-state index in [0.29, 0.717) is 18.9 Å². The van der Waals surface area contributed by atoms with E-state index in [2.05, 4.69) is 0 Å². The maximum Gasteiger partial charge on any atom is 0.119 e. The van der Waals surface area contributed by atoms with Gasteiger partial charge in [-0.15, -0.1) is 0 Å². The third kappa shape index (κ3) is 2.72. The molecule has 0 aliphatic carbocycles. The average Bonchev–Trinajstić information content (AvgIpc) is 2.18. The highest BCUT2D eigenvalue weighted by molar-refractivity contribution is 5.34. The molecular weight excluding hydrogens is 178 g/mol. The third-order valence-corrected chi connectivity index (χ3v) is 2.26. The van der Waals surface area contributed by atoms with E-state index in [0.717, 1.165) is 12.0 Å². The Morgan fingerprint density at radius 3 is 2.71 bits per heavy atom. The molecule has 3 N–H and O–H groups in total. The number of hydrogen-bond acceptors (Lipinski definition) is 3. The highest BCUT2D eigenvalue weighted by Crippen LogP contribution is 2.27. The van der Waals surface area contributed by atoms with Crippen molar-refractivity contribution in [1.82, 2.24) is 0 Å². The van der Waals surface area contributed by atoms with Crippen LogP contribution >= 0.6 is 0 Å². The van der Waals surface area contributed by atoms with Gasteiger partial charge in [0.05, 0.1) is 6.61 Å². The van der Waals surface area contributed by atoms with Crippen LogP contribution in [0.5, 0.6) is 5.75 Å². The molecule has 0 aromatic heterocycles. The molecule has 0 radical (unpaired) electrons. The number of rotatable bonds is 5. The van der Waals surface area contributed by atoms with Crippen LogP contribution in [-0.4, -0.2) is 25.4 Å². The van der Waals surface area contributed by atoms with Gasteiger partial charge in [0.1, 0.15) is 5.75 Å². The van der Waals surface area contributed by atoms with Crippen LogP contribution in [0.2, 0.25) is 0 Å². The molecule has 14 heavy (non-hydrogen) atoms. The monoisotopic (exact) mass is 195 g/mol. The van der Waals surface area contributed by atoms with E-state index in [1.165, 1.54) is 0 Å². The number of ether oxygens (including phenoxy) is 1. The maximum atomic E-state index is 9.64. The lowest BCUT2D eigenvalue weighted by Gasteiger charge is -2.16. The van der Waals surface area contributed by atoms with Gasteiger partial charge in [0.2, 0.25) is 0 Å². The number of aromatic hydroxyl groups is 1. The van der Waals surface area contributed by atoms with Crippen molar-refractivity contribution >= 4 is 0 Å². The zero-order valence-corrected chi connectivity index (χ0v) is 8.44. The molecule has 0 saturated heterocycles. The maximum absolute atomic E-state index is 9.64. The molecule has 0 saturated carbocycles. The number of nitrogens with two attached hydrogens (primary N) is 1. The second kappa shape index (κ2) is 5.62. The molecule has 0 amide bonds. The summed E-state index contributed by atoms with van der Waals surface area (Å²) in [6.45, 7) is 1.19. The molecule has 1 rings (SSSR count). The SMILES string of the molecule is COCC(CCN)c1ccccc1O. The minimum Gasteiger partial charge on any atom is -0.508 e. The molecule has 0 aliphatic rings.